The molecule has 5 nitrogen and oxygen atoms in total. The highest BCUT2D eigenvalue weighted by molar-refractivity contribution is 5.94. The van der Waals surface area contributed by atoms with E-state index in [4.69, 9.17) is 0 Å². The zero-order valence-corrected chi connectivity index (χ0v) is 15.0. The Labute approximate surface area is 148 Å². The number of rotatable bonds is 6. The predicted octanol–water partition coefficient (Wildman–Crippen LogP) is 4.36. The molecule has 1 heterocycles. The Morgan fingerprint density at radius 1 is 1.08 bits per heavy atom. The van der Waals surface area contributed by atoms with Gasteiger partial charge in [-0.05, 0) is 48.7 Å². The molecule has 0 radical (unpaired) electrons. The number of nitrogens with one attached hydrogen (secondary N) is 1. The lowest BCUT2D eigenvalue weighted by atomic mass is 10.1. The van der Waals surface area contributed by atoms with Gasteiger partial charge in [-0.15, -0.1) is 10.2 Å². The van der Waals surface area contributed by atoms with E-state index in [1.54, 1.807) is 4.80 Å². The second kappa shape index (κ2) is 7.47. The number of nitrogens with zero attached hydrogens (tertiary/aromatic N) is 3. The Bertz CT molecular complexity index is 865. The van der Waals surface area contributed by atoms with Crippen molar-refractivity contribution in [2.24, 2.45) is 5.92 Å². The number of anilines is 1. The number of hydrogen-bond donors (Lipinski definition) is 1. The molecule has 0 saturated heterocycles. The van der Waals surface area contributed by atoms with Gasteiger partial charge in [0.2, 0.25) is 5.91 Å². The van der Waals surface area contributed by atoms with Crippen molar-refractivity contribution in [3.63, 3.8) is 0 Å². The number of hydrogen-bond acceptors (Lipinski definition) is 3. The molecule has 0 aliphatic rings. The second-order valence-corrected chi connectivity index (χ2v) is 6.61. The summed E-state index contributed by atoms with van der Waals surface area (Å²) in [5.41, 5.74) is 4.58. The van der Waals surface area contributed by atoms with Crippen LogP contribution in [0.4, 0.5) is 5.69 Å². The molecule has 0 atom stereocenters. The summed E-state index contributed by atoms with van der Waals surface area (Å²) in [6, 6.07) is 14.0. The minimum absolute atomic E-state index is 0.00518. The van der Waals surface area contributed by atoms with Gasteiger partial charge in [0.1, 0.15) is 11.0 Å². The van der Waals surface area contributed by atoms with Crippen molar-refractivity contribution in [3.8, 4) is 5.69 Å². The molecule has 0 unspecified atom stereocenters. The van der Waals surface area contributed by atoms with E-state index in [0.29, 0.717) is 0 Å². The summed E-state index contributed by atoms with van der Waals surface area (Å²) in [5.74, 6) is -0.0630. The lowest BCUT2D eigenvalue weighted by Gasteiger charge is -2.06. The van der Waals surface area contributed by atoms with Crippen molar-refractivity contribution < 1.29 is 4.79 Å². The van der Waals surface area contributed by atoms with E-state index in [2.05, 4.69) is 34.6 Å². The molecule has 0 spiro atoms. The zero-order chi connectivity index (χ0) is 17.8. The van der Waals surface area contributed by atoms with E-state index in [0.717, 1.165) is 28.8 Å². The molecule has 0 aliphatic heterocycles. The Hall–Kier alpha value is -2.69. The van der Waals surface area contributed by atoms with Crippen LogP contribution in [0, 0.1) is 5.92 Å². The smallest absolute Gasteiger partial charge is 0.226 e. The normalized spacial score (nSPS) is 11.2. The Balaban J connectivity index is 1.82. The molecule has 130 valence electrons. The molecule has 1 amide bonds. The summed E-state index contributed by atoms with van der Waals surface area (Å²) in [5, 5.41) is 12.0. The highest BCUT2D eigenvalue weighted by Gasteiger charge is 2.10. The van der Waals surface area contributed by atoms with Crippen LogP contribution >= 0.6 is 0 Å². The number of aromatic nitrogens is 3. The van der Waals surface area contributed by atoms with E-state index >= 15 is 0 Å². The predicted molar refractivity (Wildman–Crippen MR) is 101 cm³/mol. The number of carbonyl (C=O) groups is 1. The van der Waals surface area contributed by atoms with Crippen molar-refractivity contribution in [1.82, 2.24) is 15.0 Å². The fraction of sp³-hybridized carbons (Fsp3) is 0.350. The van der Waals surface area contributed by atoms with Gasteiger partial charge >= 0.3 is 0 Å². The molecule has 0 bridgehead atoms. The third-order valence-electron chi connectivity index (χ3n) is 4.16. The van der Waals surface area contributed by atoms with Gasteiger partial charge in [0.15, 0.2) is 0 Å². The molecule has 1 aromatic heterocycles. The van der Waals surface area contributed by atoms with Gasteiger partial charge in [0.05, 0.1) is 5.69 Å². The summed E-state index contributed by atoms with van der Waals surface area (Å²) >= 11 is 0. The fourth-order valence-electron chi connectivity index (χ4n) is 2.57. The summed E-state index contributed by atoms with van der Waals surface area (Å²) in [6.07, 6.45) is 3.50. The summed E-state index contributed by atoms with van der Waals surface area (Å²) in [6.45, 7) is 5.94. The topological polar surface area (TPSA) is 59.8 Å². The van der Waals surface area contributed by atoms with E-state index < -0.39 is 0 Å². The molecule has 1 N–H and O–H groups in total. The zero-order valence-electron chi connectivity index (χ0n) is 15.0. The number of amides is 1. The number of benzene rings is 2. The Morgan fingerprint density at radius 3 is 2.48 bits per heavy atom. The van der Waals surface area contributed by atoms with Crippen LogP contribution in [0.15, 0.2) is 42.5 Å². The molecule has 0 aliphatic carbocycles. The van der Waals surface area contributed by atoms with Crippen LogP contribution in [0.5, 0.6) is 0 Å². The van der Waals surface area contributed by atoms with Gasteiger partial charge in [-0.3, -0.25) is 4.79 Å². The minimum atomic E-state index is -0.0578. The van der Waals surface area contributed by atoms with Gasteiger partial charge in [0, 0.05) is 11.6 Å². The maximum Gasteiger partial charge on any atom is 0.226 e. The largest absolute Gasteiger partial charge is 0.326 e. The van der Waals surface area contributed by atoms with Crippen LogP contribution in [-0.2, 0) is 11.2 Å². The van der Waals surface area contributed by atoms with Gasteiger partial charge in [0.25, 0.3) is 0 Å². The Morgan fingerprint density at radius 2 is 1.80 bits per heavy atom. The summed E-state index contributed by atoms with van der Waals surface area (Å²) < 4.78 is 0. The highest BCUT2D eigenvalue weighted by Crippen LogP contribution is 2.18. The number of aryl methyl sites for hydroxylation is 1. The quantitative estimate of drug-likeness (QED) is 0.727. The van der Waals surface area contributed by atoms with Crippen molar-refractivity contribution in [2.45, 2.75) is 40.0 Å². The van der Waals surface area contributed by atoms with Crippen molar-refractivity contribution in [2.75, 3.05) is 5.32 Å². The van der Waals surface area contributed by atoms with Crippen LogP contribution in [-0.4, -0.2) is 20.9 Å². The molecule has 3 aromatic rings. The minimum Gasteiger partial charge on any atom is -0.326 e. The second-order valence-electron chi connectivity index (χ2n) is 6.61. The van der Waals surface area contributed by atoms with E-state index in [9.17, 15) is 4.79 Å². The first kappa shape index (κ1) is 17.1. The van der Waals surface area contributed by atoms with Gasteiger partial charge in [-0.2, -0.15) is 4.80 Å². The molecular weight excluding hydrogens is 312 g/mol. The first-order valence-corrected chi connectivity index (χ1v) is 8.84. The monoisotopic (exact) mass is 336 g/mol. The van der Waals surface area contributed by atoms with Gasteiger partial charge in [-0.1, -0.05) is 39.3 Å². The molecule has 0 fully saturated rings. The molecule has 5 heteroatoms. The van der Waals surface area contributed by atoms with E-state index in [1.807, 2.05) is 44.2 Å². The number of unbranched alkanes of at least 4 members (excludes halogenated alkanes) is 1. The third-order valence-corrected chi connectivity index (χ3v) is 4.16. The fourth-order valence-corrected chi connectivity index (χ4v) is 2.57. The maximum atomic E-state index is 11.8. The molecular formula is C20H24N4O. The lowest BCUT2D eigenvalue weighted by molar-refractivity contribution is -0.118. The van der Waals surface area contributed by atoms with Crippen LogP contribution in [0.2, 0.25) is 0 Å². The number of carbonyl (C=O) groups excluding carboxylic acids is 1. The highest BCUT2D eigenvalue weighted by atomic mass is 16.1. The molecule has 3 rings (SSSR count). The molecule has 0 saturated carbocycles. The van der Waals surface area contributed by atoms with Crippen molar-refractivity contribution >= 4 is 22.6 Å². The van der Waals surface area contributed by atoms with Gasteiger partial charge in [-0.25, -0.2) is 0 Å². The Kier molecular flexibility index (Phi) is 5.12. The van der Waals surface area contributed by atoms with E-state index in [-0.39, 0.29) is 11.8 Å². The maximum absolute atomic E-state index is 11.8. The van der Waals surface area contributed by atoms with Crippen LogP contribution in [0.3, 0.4) is 0 Å². The third kappa shape index (κ3) is 4.05. The van der Waals surface area contributed by atoms with Crippen LogP contribution < -0.4 is 5.32 Å². The molecule has 25 heavy (non-hydrogen) atoms. The average Bonchev–Trinajstić information content (AvgIpc) is 3.03. The van der Waals surface area contributed by atoms with Crippen molar-refractivity contribution in [1.29, 1.82) is 0 Å². The standard InChI is InChI=1S/C20H24N4O/c1-4-5-6-15-7-10-17(11-8-15)24-22-18-12-9-16(13-19(18)23-24)21-20(25)14(2)3/h7-14H,4-6H2,1-3H3,(H,21,25). The summed E-state index contributed by atoms with van der Waals surface area (Å²) in [4.78, 5) is 13.5. The van der Waals surface area contributed by atoms with Crippen LogP contribution in [0.1, 0.15) is 39.2 Å². The molecule has 2 aromatic carbocycles. The summed E-state index contributed by atoms with van der Waals surface area (Å²) in [7, 11) is 0. The first-order valence-electron chi connectivity index (χ1n) is 8.84. The average molecular weight is 336 g/mol. The first-order chi connectivity index (χ1) is 12.1. The van der Waals surface area contributed by atoms with E-state index in [1.165, 1.54) is 18.4 Å². The van der Waals surface area contributed by atoms with Gasteiger partial charge < -0.3 is 5.32 Å². The SMILES string of the molecule is CCCCc1ccc(-n2nc3ccc(NC(=O)C(C)C)cc3n2)cc1. The van der Waals surface area contributed by atoms with Crippen molar-refractivity contribution in [3.05, 3.63) is 48.0 Å². The van der Waals surface area contributed by atoms with Crippen LogP contribution in [0.25, 0.3) is 16.7 Å². The lowest BCUT2D eigenvalue weighted by Crippen LogP contribution is -2.17. The number of fused-ring (bicyclic) bond motifs is 1.